The van der Waals surface area contributed by atoms with Crippen LogP contribution in [0.15, 0.2) is 35.4 Å². The Kier molecular flexibility index (Phi) is 5.48. The summed E-state index contributed by atoms with van der Waals surface area (Å²) in [6, 6.07) is 10.3. The number of hydrogen-bond donors (Lipinski definition) is 0. The third-order valence-electron chi connectivity index (χ3n) is 2.75. The molecular formula is C15H24N2OSi. The predicted molar refractivity (Wildman–Crippen MR) is 83.7 cm³/mol. The lowest BCUT2D eigenvalue weighted by molar-refractivity contribution is -0.115. The van der Waals surface area contributed by atoms with E-state index < -0.39 is 8.24 Å². The van der Waals surface area contributed by atoms with Gasteiger partial charge >= 0.3 is 0 Å². The van der Waals surface area contributed by atoms with E-state index in [0.717, 1.165) is 12.3 Å². The second kappa shape index (κ2) is 6.66. The number of carbonyl (C=O) groups excluding carboxylic acids is 1. The highest BCUT2D eigenvalue weighted by Crippen LogP contribution is 2.15. The summed E-state index contributed by atoms with van der Waals surface area (Å²) in [5.74, 6) is 0.163. The number of carbonyl (C=O) groups is 1. The van der Waals surface area contributed by atoms with Crippen molar-refractivity contribution >= 4 is 19.7 Å². The maximum absolute atomic E-state index is 11.2. The number of hydrazone groups is 1. The zero-order chi connectivity index (χ0) is 14.5. The minimum Gasteiger partial charge on any atom is -0.320 e. The van der Waals surface area contributed by atoms with Crippen LogP contribution in [0.1, 0.15) is 25.8 Å². The van der Waals surface area contributed by atoms with Gasteiger partial charge in [-0.3, -0.25) is 4.79 Å². The van der Waals surface area contributed by atoms with Gasteiger partial charge in [-0.15, -0.1) is 0 Å². The molecule has 0 aliphatic rings. The fourth-order valence-electron chi connectivity index (χ4n) is 1.78. The van der Waals surface area contributed by atoms with Crippen molar-refractivity contribution in [3.63, 3.8) is 0 Å². The molecule has 0 N–H and O–H groups in total. The van der Waals surface area contributed by atoms with Crippen LogP contribution in [0.2, 0.25) is 19.6 Å². The lowest BCUT2D eigenvalue weighted by atomic mass is 10.2. The zero-order valence-electron chi connectivity index (χ0n) is 12.6. The molecule has 0 saturated carbocycles. The van der Waals surface area contributed by atoms with E-state index in [9.17, 15) is 4.79 Å². The van der Waals surface area contributed by atoms with Gasteiger partial charge in [0.25, 0.3) is 0 Å². The van der Waals surface area contributed by atoms with Crippen LogP contribution in [0.5, 0.6) is 0 Å². The number of benzene rings is 1. The molecule has 0 fully saturated rings. The molecule has 0 atom stereocenters. The molecule has 0 unspecified atom stereocenters. The van der Waals surface area contributed by atoms with Crippen LogP contribution < -0.4 is 0 Å². The molecule has 0 spiro atoms. The minimum absolute atomic E-state index is 0.163. The van der Waals surface area contributed by atoms with E-state index in [1.807, 2.05) is 25.1 Å². The molecule has 0 radical (unpaired) electrons. The van der Waals surface area contributed by atoms with Crippen molar-refractivity contribution in [3.05, 3.63) is 35.9 Å². The second-order valence-corrected chi connectivity index (χ2v) is 10.8. The first-order valence-corrected chi connectivity index (χ1v) is 10.1. The first-order valence-electron chi connectivity index (χ1n) is 6.64. The van der Waals surface area contributed by atoms with Gasteiger partial charge in [-0.2, -0.15) is 5.10 Å². The Balaban J connectivity index is 2.88. The predicted octanol–water partition coefficient (Wildman–Crippen LogP) is 3.68. The Hall–Kier alpha value is -1.42. The largest absolute Gasteiger partial charge is 0.320 e. The van der Waals surface area contributed by atoms with Gasteiger partial charge < -0.3 is 4.67 Å². The van der Waals surface area contributed by atoms with E-state index in [4.69, 9.17) is 0 Å². The van der Waals surface area contributed by atoms with E-state index in [1.165, 1.54) is 5.56 Å². The second-order valence-electron chi connectivity index (χ2n) is 5.93. The summed E-state index contributed by atoms with van der Waals surface area (Å²) in [7, 11) is -1.55. The highest BCUT2D eigenvalue weighted by molar-refractivity contribution is 6.73. The maximum Gasteiger partial charge on any atom is 0.169 e. The molecule has 1 aromatic carbocycles. The van der Waals surface area contributed by atoms with Gasteiger partial charge in [0.2, 0.25) is 0 Å². The molecule has 4 heteroatoms. The SMILES string of the molecule is CC(=O)CC(C)=NN(Cc1ccccc1)[Si](C)(C)C. The third kappa shape index (κ3) is 5.83. The van der Waals surface area contributed by atoms with Gasteiger partial charge in [-0.25, -0.2) is 0 Å². The van der Waals surface area contributed by atoms with Gasteiger partial charge in [0.1, 0.15) is 5.78 Å². The third-order valence-corrected chi connectivity index (χ3v) is 4.55. The van der Waals surface area contributed by atoms with Crippen LogP contribution in [0.4, 0.5) is 0 Å². The lowest BCUT2D eigenvalue weighted by Crippen LogP contribution is -2.42. The molecule has 0 aromatic heterocycles. The normalized spacial score (nSPS) is 12.4. The topological polar surface area (TPSA) is 32.7 Å². The first kappa shape index (κ1) is 15.6. The number of rotatable bonds is 6. The van der Waals surface area contributed by atoms with Crippen LogP contribution in [0, 0.1) is 0 Å². The highest BCUT2D eigenvalue weighted by Gasteiger charge is 2.23. The van der Waals surface area contributed by atoms with Crippen LogP contribution in [-0.4, -0.2) is 24.4 Å². The van der Waals surface area contributed by atoms with E-state index >= 15 is 0 Å². The monoisotopic (exact) mass is 276 g/mol. The van der Waals surface area contributed by atoms with Gasteiger partial charge in [0.15, 0.2) is 8.24 Å². The molecule has 1 aromatic rings. The van der Waals surface area contributed by atoms with Crippen LogP contribution in [-0.2, 0) is 11.3 Å². The van der Waals surface area contributed by atoms with Crippen molar-refractivity contribution in [3.8, 4) is 0 Å². The molecule has 0 bridgehead atoms. The summed E-state index contributed by atoms with van der Waals surface area (Å²) in [6.07, 6.45) is 0.440. The molecular weight excluding hydrogens is 252 g/mol. The van der Waals surface area contributed by atoms with Crippen molar-refractivity contribution < 1.29 is 4.79 Å². The molecule has 0 amide bonds. The van der Waals surface area contributed by atoms with Crippen LogP contribution >= 0.6 is 0 Å². The molecule has 1 rings (SSSR count). The molecule has 0 aliphatic heterocycles. The Morgan fingerprint density at radius 2 is 1.74 bits per heavy atom. The minimum atomic E-state index is -1.55. The molecule has 104 valence electrons. The van der Waals surface area contributed by atoms with Crippen LogP contribution in [0.3, 0.4) is 0 Å². The summed E-state index contributed by atoms with van der Waals surface area (Å²) in [5, 5.41) is 4.67. The Labute approximate surface area is 117 Å². The summed E-state index contributed by atoms with van der Waals surface area (Å²) >= 11 is 0. The highest BCUT2D eigenvalue weighted by atomic mass is 28.3. The Bertz CT molecular complexity index is 449. The lowest BCUT2D eigenvalue weighted by Gasteiger charge is -2.32. The standard InChI is InChI=1S/C15H24N2OSi/c1-13(11-14(2)18)16-17(19(3,4)5)12-15-9-7-6-8-10-15/h6-10H,11-12H2,1-5H3. The maximum atomic E-state index is 11.2. The number of nitrogens with zero attached hydrogens (tertiary/aromatic N) is 2. The molecule has 0 saturated heterocycles. The van der Waals surface area contributed by atoms with E-state index in [0.29, 0.717) is 6.42 Å². The number of ketones is 1. The number of Topliss-reactive ketones (excluding diaryl/α,β-unsaturated/α-hetero) is 1. The smallest absolute Gasteiger partial charge is 0.169 e. The van der Waals surface area contributed by atoms with Gasteiger partial charge in [-0.1, -0.05) is 50.0 Å². The number of hydrogen-bond acceptors (Lipinski definition) is 3. The van der Waals surface area contributed by atoms with Gasteiger partial charge in [0, 0.05) is 12.1 Å². The van der Waals surface area contributed by atoms with E-state index in [1.54, 1.807) is 6.92 Å². The summed E-state index contributed by atoms with van der Waals surface area (Å²) in [5.41, 5.74) is 2.15. The van der Waals surface area contributed by atoms with Crippen molar-refractivity contribution in [2.45, 2.75) is 46.5 Å². The first-order chi connectivity index (χ1) is 8.79. The average molecular weight is 276 g/mol. The Morgan fingerprint density at radius 1 is 1.16 bits per heavy atom. The van der Waals surface area contributed by atoms with E-state index in [-0.39, 0.29) is 5.78 Å². The fraction of sp³-hybridized carbons (Fsp3) is 0.467. The van der Waals surface area contributed by atoms with Crippen molar-refractivity contribution in [1.82, 2.24) is 4.67 Å². The van der Waals surface area contributed by atoms with Gasteiger partial charge in [0.05, 0.1) is 6.54 Å². The van der Waals surface area contributed by atoms with Gasteiger partial charge in [-0.05, 0) is 19.4 Å². The van der Waals surface area contributed by atoms with Crippen molar-refractivity contribution in [2.75, 3.05) is 0 Å². The summed E-state index contributed by atoms with van der Waals surface area (Å²) < 4.78 is 2.18. The molecule has 19 heavy (non-hydrogen) atoms. The summed E-state index contributed by atoms with van der Waals surface area (Å²) in [4.78, 5) is 11.2. The quantitative estimate of drug-likeness (QED) is 0.451. The zero-order valence-corrected chi connectivity index (χ0v) is 13.6. The summed E-state index contributed by atoms with van der Waals surface area (Å²) in [6.45, 7) is 11.1. The molecule has 0 aliphatic carbocycles. The fourth-order valence-corrected chi connectivity index (χ4v) is 2.91. The van der Waals surface area contributed by atoms with Crippen molar-refractivity contribution in [1.29, 1.82) is 0 Å². The van der Waals surface area contributed by atoms with Crippen molar-refractivity contribution in [2.24, 2.45) is 5.10 Å². The average Bonchev–Trinajstić information content (AvgIpc) is 2.27. The Morgan fingerprint density at radius 3 is 2.21 bits per heavy atom. The van der Waals surface area contributed by atoms with E-state index in [2.05, 4.69) is 41.5 Å². The molecule has 3 nitrogen and oxygen atoms in total. The molecule has 0 heterocycles. The van der Waals surface area contributed by atoms with Crippen LogP contribution in [0.25, 0.3) is 0 Å².